The van der Waals surface area contributed by atoms with Crippen molar-refractivity contribution in [3.63, 3.8) is 0 Å². The van der Waals surface area contributed by atoms with Crippen molar-refractivity contribution in [3.8, 4) is 27.9 Å². The van der Waals surface area contributed by atoms with Gasteiger partial charge in [-0.3, -0.25) is 18.9 Å². The number of fused-ring (bicyclic) bond motifs is 1. The van der Waals surface area contributed by atoms with Crippen LogP contribution in [0.1, 0.15) is 0 Å². The summed E-state index contributed by atoms with van der Waals surface area (Å²) in [5, 5.41) is 10.4. The minimum atomic E-state index is -0.694. The second-order valence-electron chi connectivity index (χ2n) is 9.55. The summed E-state index contributed by atoms with van der Waals surface area (Å²) < 4.78 is 31.9. The molecule has 4 heterocycles. The standard InChI is InChI=1S/C28H26F2N8O/c1-36-15-20(14-34-36)19-10-26-28(32-13-19)38(17-33-26)23-9-18(24-3-2-21(29)11-25(24)30)8-22(12-23)35-27(39)16-37-6-4-31-5-7-37/h2-3,8-15,17,31H,4-7,16H2,1H3,(H,35,39). The van der Waals surface area contributed by atoms with Crippen LogP contribution in [0.2, 0.25) is 0 Å². The highest BCUT2D eigenvalue weighted by molar-refractivity contribution is 5.93. The first-order valence-electron chi connectivity index (χ1n) is 12.6. The third-order valence-corrected chi connectivity index (χ3v) is 6.72. The van der Waals surface area contributed by atoms with Gasteiger partial charge in [-0.25, -0.2) is 18.7 Å². The Hall–Kier alpha value is -4.48. The van der Waals surface area contributed by atoms with E-state index in [0.717, 1.165) is 43.4 Å². The maximum Gasteiger partial charge on any atom is 0.238 e. The maximum atomic E-state index is 14.8. The Kier molecular flexibility index (Phi) is 6.59. The topological polar surface area (TPSA) is 92.9 Å². The number of aromatic nitrogens is 5. The van der Waals surface area contributed by atoms with Crippen molar-refractivity contribution >= 4 is 22.8 Å². The Bertz CT molecular complexity index is 1670. The number of amides is 1. The van der Waals surface area contributed by atoms with Gasteiger partial charge in [0.25, 0.3) is 0 Å². The molecule has 0 atom stereocenters. The van der Waals surface area contributed by atoms with Gasteiger partial charge in [-0.05, 0) is 42.0 Å². The molecule has 5 aromatic rings. The second kappa shape index (κ2) is 10.4. The summed E-state index contributed by atoms with van der Waals surface area (Å²) in [4.78, 5) is 24.1. The molecule has 0 spiro atoms. The van der Waals surface area contributed by atoms with Crippen molar-refractivity contribution in [1.29, 1.82) is 0 Å². The lowest BCUT2D eigenvalue weighted by atomic mass is 10.0. The van der Waals surface area contributed by atoms with Gasteiger partial charge in [0.15, 0.2) is 5.65 Å². The summed E-state index contributed by atoms with van der Waals surface area (Å²) in [5.74, 6) is -1.53. The molecule has 0 radical (unpaired) electrons. The van der Waals surface area contributed by atoms with E-state index in [1.54, 1.807) is 46.2 Å². The third-order valence-electron chi connectivity index (χ3n) is 6.72. The van der Waals surface area contributed by atoms with E-state index < -0.39 is 11.6 Å². The van der Waals surface area contributed by atoms with Crippen LogP contribution in [0.4, 0.5) is 14.5 Å². The molecule has 1 aliphatic rings. The number of hydrogen-bond acceptors (Lipinski definition) is 6. The number of carbonyl (C=O) groups excluding carboxylic acids is 1. The quantitative estimate of drug-likeness (QED) is 0.350. The van der Waals surface area contributed by atoms with Gasteiger partial charge in [-0.1, -0.05) is 0 Å². The number of aryl methyl sites for hydroxylation is 1. The number of imidazole rings is 1. The number of carbonyl (C=O) groups is 1. The average molecular weight is 529 g/mol. The van der Waals surface area contributed by atoms with Crippen molar-refractivity contribution in [2.45, 2.75) is 0 Å². The van der Waals surface area contributed by atoms with Crippen molar-refractivity contribution in [2.75, 3.05) is 38.0 Å². The zero-order valence-electron chi connectivity index (χ0n) is 21.2. The van der Waals surface area contributed by atoms with Crippen LogP contribution in [0, 0.1) is 11.6 Å². The third kappa shape index (κ3) is 5.27. The van der Waals surface area contributed by atoms with Crippen molar-refractivity contribution in [1.82, 2.24) is 34.5 Å². The molecule has 11 heteroatoms. The maximum absolute atomic E-state index is 14.8. The molecular weight excluding hydrogens is 502 g/mol. The molecule has 0 aliphatic carbocycles. The van der Waals surface area contributed by atoms with Gasteiger partial charge in [0.05, 0.1) is 18.4 Å². The number of nitrogens with one attached hydrogen (secondary N) is 2. The Morgan fingerprint density at radius 3 is 2.62 bits per heavy atom. The number of hydrogen-bond donors (Lipinski definition) is 2. The van der Waals surface area contributed by atoms with E-state index in [-0.39, 0.29) is 18.0 Å². The molecule has 1 saturated heterocycles. The van der Waals surface area contributed by atoms with Crippen molar-refractivity contribution < 1.29 is 13.6 Å². The number of pyridine rings is 1. The van der Waals surface area contributed by atoms with E-state index in [4.69, 9.17) is 0 Å². The summed E-state index contributed by atoms with van der Waals surface area (Å²) >= 11 is 0. The van der Waals surface area contributed by atoms with Crippen LogP contribution in [0.3, 0.4) is 0 Å². The van der Waals surface area contributed by atoms with Gasteiger partial charge in [-0.2, -0.15) is 5.10 Å². The van der Waals surface area contributed by atoms with Gasteiger partial charge in [-0.15, -0.1) is 0 Å². The van der Waals surface area contributed by atoms with Crippen LogP contribution in [-0.4, -0.2) is 67.8 Å². The summed E-state index contributed by atoms with van der Waals surface area (Å²) in [7, 11) is 1.85. The molecule has 1 fully saturated rings. The number of benzene rings is 2. The van der Waals surface area contributed by atoms with E-state index in [1.165, 1.54) is 12.1 Å². The number of nitrogens with zero attached hydrogens (tertiary/aromatic N) is 6. The van der Waals surface area contributed by atoms with Crippen LogP contribution in [0.25, 0.3) is 39.1 Å². The normalized spacial score (nSPS) is 14.1. The van der Waals surface area contributed by atoms with E-state index in [0.29, 0.717) is 28.1 Å². The molecule has 39 heavy (non-hydrogen) atoms. The first kappa shape index (κ1) is 24.8. The lowest BCUT2D eigenvalue weighted by molar-refractivity contribution is -0.117. The van der Waals surface area contributed by atoms with Crippen molar-refractivity contribution in [3.05, 3.63) is 79.0 Å². The SMILES string of the molecule is Cn1cc(-c2cnc3c(c2)ncn3-c2cc(NC(=O)CN3CCNCC3)cc(-c3ccc(F)cc3F)c2)cn1. The number of piperazine rings is 1. The Balaban J connectivity index is 1.38. The van der Waals surface area contributed by atoms with Crippen molar-refractivity contribution in [2.24, 2.45) is 7.05 Å². The molecule has 198 valence electrons. The van der Waals surface area contributed by atoms with E-state index >= 15 is 0 Å². The fourth-order valence-corrected chi connectivity index (χ4v) is 4.79. The highest BCUT2D eigenvalue weighted by Crippen LogP contribution is 2.31. The summed E-state index contributed by atoms with van der Waals surface area (Å²) in [6.07, 6.45) is 7.04. The molecule has 3 aromatic heterocycles. The Morgan fingerprint density at radius 2 is 1.85 bits per heavy atom. The number of anilines is 1. The van der Waals surface area contributed by atoms with E-state index in [1.807, 2.05) is 19.3 Å². The van der Waals surface area contributed by atoms with Crippen LogP contribution in [0.15, 0.2) is 67.4 Å². The largest absolute Gasteiger partial charge is 0.325 e. The smallest absolute Gasteiger partial charge is 0.238 e. The van der Waals surface area contributed by atoms with Gasteiger partial charge in [0, 0.05) is 74.1 Å². The molecule has 1 aliphatic heterocycles. The average Bonchev–Trinajstić information content (AvgIpc) is 3.55. The predicted molar refractivity (Wildman–Crippen MR) is 144 cm³/mol. The van der Waals surface area contributed by atoms with Crippen LogP contribution in [0.5, 0.6) is 0 Å². The minimum absolute atomic E-state index is 0.172. The molecular formula is C28H26F2N8O. The fraction of sp³-hybridized carbons (Fsp3) is 0.214. The first-order chi connectivity index (χ1) is 18.9. The molecule has 2 N–H and O–H groups in total. The zero-order chi connectivity index (χ0) is 26.9. The molecule has 9 nitrogen and oxygen atoms in total. The van der Waals surface area contributed by atoms with Crippen LogP contribution < -0.4 is 10.6 Å². The summed E-state index contributed by atoms with van der Waals surface area (Å²) in [6.45, 7) is 3.49. The number of rotatable bonds is 6. The van der Waals surface area contributed by atoms with E-state index in [2.05, 4.69) is 30.6 Å². The van der Waals surface area contributed by atoms with Gasteiger partial charge in [0.1, 0.15) is 23.5 Å². The minimum Gasteiger partial charge on any atom is -0.325 e. The Morgan fingerprint density at radius 1 is 1.00 bits per heavy atom. The molecule has 0 saturated carbocycles. The van der Waals surface area contributed by atoms with E-state index in [9.17, 15) is 13.6 Å². The second-order valence-corrected chi connectivity index (χ2v) is 9.55. The van der Waals surface area contributed by atoms with Gasteiger partial charge >= 0.3 is 0 Å². The first-order valence-corrected chi connectivity index (χ1v) is 12.6. The summed E-state index contributed by atoms with van der Waals surface area (Å²) in [6, 6.07) is 10.6. The van der Waals surface area contributed by atoms with Gasteiger partial charge < -0.3 is 10.6 Å². The highest BCUT2D eigenvalue weighted by Gasteiger charge is 2.17. The zero-order valence-corrected chi connectivity index (χ0v) is 21.2. The molecule has 6 rings (SSSR count). The molecule has 2 aromatic carbocycles. The summed E-state index contributed by atoms with van der Waals surface area (Å²) in [5.41, 5.74) is 4.87. The van der Waals surface area contributed by atoms with Crippen LogP contribution >= 0.6 is 0 Å². The van der Waals surface area contributed by atoms with Crippen LogP contribution in [-0.2, 0) is 11.8 Å². The lowest BCUT2D eigenvalue weighted by Crippen LogP contribution is -2.46. The molecule has 0 unspecified atom stereocenters. The highest BCUT2D eigenvalue weighted by atomic mass is 19.1. The number of halogens is 2. The monoisotopic (exact) mass is 528 g/mol. The predicted octanol–water partition coefficient (Wildman–Crippen LogP) is 3.61. The van der Waals surface area contributed by atoms with Gasteiger partial charge in [0.2, 0.25) is 5.91 Å². The lowest BCUT2D eigenvalue weighted by Gasteiger charge is -2.26. The molecule has 0 bridgehead atoms. The fourth-order valence-electron chi connectivity index (χ4n) is 4.79. The molecule has 1 amide bonds. The Labute approximate surface area is 223 Å².